The van der Waals surface area contributed by atoms with Gasteiger partial charge in [-0.25, -0.2) is 0 Å². The van der Waals surface area contributed by atoms with Gasteiger partial charge in [-0.3, -0.25) is 0 Å². The highest BCUT2D eigenvalue weighted by Gasteiger charge is 2.48. The predicted octanol–water partition coefficient (Wildman–Crippen LogP) is 6.38. The molecule has 0 spiro atoms. The summed E-state index contributed by atoms with van der Waals surface area (Å²) < 4.78 is 18.2. The Hall–Kier alpha value is -2.97. The fourth-order valence-corrected chi connectivity index (χ4v) is 10.3. The summed E-state index contributed by atoms with van der Waals surface area (Å²) in [6.07, 6.45) is 0.735. The molecule has 0 aliphatic carbocycles. The van der Waals surface area contributed by atoms with E-state index in [1.807, 2.05) is 24.3 Å². The molecule has 1 aliphatic rings. The second kappa shape index (κ2) is 11.6. The minimum atomic E-state index is -1.94. The lowest BCUT2D eigenvalue weighted by atomic mass is 9.94. The molecule has 190 valence electrons. The van der Waals surface area contributed by atoms with E-state index in [1.165, 1.54) is 15.9 Å². The maximum atomic E-state index is 6.73. The van der Waals surface area contributed by atoms with Gasteiger partial charge in [-0.15, -0.1) is 0 Å². The van der Waals surface area contributed by atoms with E-state index in [0.717, 1.165) is 17.5 Å². The number of rotatable bonds is 8. The van der Waals surface area contributed by atoms with Crippen LogP contribution in [-0.4, -0.2) is 26.0 Å². The zero-order valence-corrected chi connectivity index (χ0v) is 22.8. The molecule has 4 aromatic rings. The Balaban J connectivity index is 1.52. The standard InChI is InChI=1S/C33H36O3P/c1-25-23-35-33(27-19-21-28(34-3)22-20-27)36-32(25)26(2)24-37(29-13-7-4-8-14-29,30-15-9-5-10-16-30)31-17-11-6-12-18-31/h4-22,25-26,32-33H,23-24H2,1-3H3/q+1/t25-,26-,32+,33?/m0/s1. The molecule has 1 fully saturated rings. The Labute approximate surface area is 221 Å². The van der Waals surface area contributed by atoms with Gasteiger partial charge in [-0.2, -0.15) is 0 Å². The van der Waals surface area contributed by atoms with Crippen LogP contribution in [0.3, 0.4) is 0 Å². The molecule has 3 nitrogen and oxygen atoms in total. The van der Waals surface area contributed by atoms with Crippen molar-refractivity contribution in [1.29, 1.82) is 0 Å². The maximum absolute atomic E-state index is 6.73. The molecular weight excluding hydrogens is 475 g/mol. The van der Waals surface area contributed by atoms with Gasteiger partial charge in [0.2, 0.25) is 0 Å². The van der Waals surface area contributed by atoms with Crippen molar-refractivity contribution >= 4 is 23.2 Å². The smallest absolute Gasteiger partial charge is 0.184 e. The molecule has 0 aromatic heterocycles. The normalized spacial score (nSPS) is 20.8. The lowest BCUT2D eigenvalue weighted by molar-refractivity contribution is -0.247. The van der Waals surface area contributed by atoms with Gasteiger partial charge >= 0.3 is 0 Å². The molecule has 0 bridgehead atoms. The lowest BCUT2D eigenvalue weighted by Gasteiger charge is -2.40. The fourth-order valence-electron chi connectivity index (χ4n) is 5.63. The van der Waals surface area contributed by atoms with Crippen LogP contribution in [0.4, 0.5) is 0 Å². The molecule has 0 amide bonds. The van der Waals surface area contributed by atoms with E-state index in [2.05, 4.69) is 105 Å². The van der Waals surface area contributed by atoms with Crippen molar-refractivity contribution in [3.63, 3.8) is 0 Å². The minimum Gasteiger partial charge on any atom is -0.497 e. The van der Waals surface area contributed by atoms with Crippen LogP contribution in [-0.2, 0) is 9.47 Å². The summed E-state index contributed by atoms with van der Waals surface area (Å²) in [5, 5.41) is 4.22. The first-order chi connectivity index (χ1) is 18.1. The molecule has 1 heterocycles. The van der Waals surface area contributed by atoms with E-state index in [0.29, 0.717) is 18.4 Å². The Morgan fingerprint density at radius 3 is 1.70 bits per heavy atom. The number of hydrogen-bond acceptors (Lipinski definition) is 3. The molecule has 4 aromatic carbocycles. The fraction of sp³-hybridized carbons (Fsp3) is 0.273. The van der Waals surface area contributed by atoms with Gasteiger partial charge < -0.3 is 14.2 Å². The second-order valence-electron chi connectivity index (χ2n) is 9.99. The van der Waals surface area contributed by atoms with Crippen LogP contribution in [0, 0.1) is 11.8 Å². The highest BCUT2D eigenvalue weighted by atomic mass is 31.2. The van der Waals surface area contributed by atoms with Crippen molar-refractivity contribution in [2.24, 2.45) is 11.8 Å². The molecule has 1 unspecified atom stereocenters. The first-order valence-corrected chi connectivity index (χ1v) is 15.0. The number of hydrogen-bond donors (Lipinski definition) is 0. The largest absolute Gasteiger partial charge is 0.497 e. The van der Waals surface area contributed by atoms with Crippen molar-refractivity contribution < 1.29 is 14.2 Å². The summed E-state index contributed by atoms with van der Waals surface area (Å²) >= 11 is 0. The van der Waals surface area contributed by atoms with Crippen LogP contribution < -0.4 is 20.7 Å². The molecule has 37 heavy (non-hydrogen) atoms. The van der Waals surface area contributed by atoms with Crippen molar-refractivity contribution in [3.05, 3.63) is 121 Å². The summed E-state index contributed by atoms with van der Waals surface area (Å²) in [7, 11) is -0.258. The molecule has 1 saturated heterocycles. The highest BCUT2D eigenvalue weighted by Crippen LogP contribution is 2.57. The van der Waals surface area contributed by atoms with Gasteiger partial charge in [0.05, 0.1) is 26.0 Å². The SMILES string of the molecule is COc1ccc(C2OC[C@H](C)[C@H]([C@@H](C)C[P+](c3ccccc3)(c3ccccc3)c3ccccc3)O2)cc1. The maximum Gasteiger partial charge on any atom is 0.184 e. The van der Waals surface area contributed by atoms with Gasteiger partial charge in [0.25, 0.3) is 0 Å². The molecule has 5 rings (SSSR count). The monoisotopic (exact) mass is 511 g/mol. The molecule has 0 radical (unpaired) electrons. The quantitative estimate of drug-likeness (QED) is 0.257. The zero-order chi connectivity index (χ0) is 25.7. The van der Waals surface area contributed by atoms with E-state index in [4.69, 9.17) is 14.2 Å². The molecule has 1 aliphatic heterocycles. The molecule has 4 atom stereocenters. The van der Waals surface area contributed by atoms with Crippen LogP contribution in [0.2, 0.25) is 0 Å². The molecule has 4 heteroatoms. The van der Waals surface area contributed by atoms with Crippen LogP contribution >= 0.6 is 7.26 Å². The van der Waals surface area contributed by atoms with Gasteiger partial charge in [-0.05, 0) is 48.5 Å². The molecule has 0 saturated carbocycles. The van der Waals surface area contributed by atoms with Crippen LogP contribution in [0.1, 0.15) is 25.7 Å². The summed E-state index contributed by atoms with van der Waals surface area (Å²) in [6, 6.07) is 41.3. The van der Waals surface area contributed by atoms with E-state index in [9.17, 15) is 0 Å². The van der Waals surface area contributed by atoms with Gasteiger partial charge in [0, 0.05) is 17.4 Å². The van der Waals surface area contributed by atoms with Crippen LogP contribution in [0.5, 0.6) is 5.75 Å². The Morgan fingerprint density at radius 2 is 1.24 bits per heavy atom. The van der Waals surface area contributed by atoms with E-state index in [1.54, 1.807) is 7.11 Å². The van der Waals surface area contributed by atoms with E-state index >= 15 is 0 Å². The zero-order valence-electron chi connectivity index (χ0n) is 21.9. The summed E-state index contributed by atoms with van der Waals surface area (Å²) in [5.74, 6) is 1.45. The Bertz CT molecular complexity index is 1150. The first kappa shape index (κ1) is 25.7. The van der Waals surface area contributed by atoms with Crippen molar-refractivity contribution in [2.75, 3.05) is 19.9 Å². The Morgan fingerprint density at radius 1 is 0.757 bits per heavy atom. The number of benzene rings is 4. The van der Waals surface area contributed by atoms with Gasteiger partial charge in [0.15, 0.2) is 6.29 Å². The third-order valence-corrected chi connectivity index (χ3v) is 12.1. The average Bonchev–Trinajstić information content (AvgIpc) is 2.97. The minimum absolute atomic E-state index is 0.0800. The first-order valence-electron chi connectivity index (χ1n) is 13.1. The number of methoxy groups -OCH3 is 1. The van der Waals surface area contributed by atoms with E-state index < -0.39 is 7.26 Å². The lowest BCUT2D eigenvalue weighted by Crippen LogP contribution is -2.43. The van der Waals surface area contributed by atoms with Crippen molar-refractivity contribution in [1.82, 2.24) is 0 Å². The van der Waals surface area contributed by atoms with Crippen LogP contribution in [0.15, 0.2) is 115 Å². The number of ether oxygens (including phenoxy) is 3. The van der Waals surface area contributed by atoms with E-state index in [-0.39, 0.29) is 12.4 Å². The average molecular weight is 512 g/mol. The topological polar surface area (TPSA) is 27.7 Å². The predicted molar refractivity (Wildman–Crippen MR) is 155 cm³/mol. The summed E-state index contributed by atoms with van der Waals surface area (Å²) in [6.45, 7) is 5.29. The van der Waals surface area contributed by atoms with Gasteiger partial charge in [0.1, 0.15) is 28.9 Å². The van der Waals surface area contributed by atoms with Crippen molar-refractivity contribution in [2.45, 2.75) is 26.2 Å². The van der Waals surface area contributed by atoms with Crippen LogP contribution in [0.25, 0.3) is 0 Å². The Kier molecular flexibility index (Phi) is 8.05. The van der Waals surface area contributed by atoms with Crippen molar-refractivity contribution in [3.8, 4) is 5.75 Å². The van der Waals surface area contributed by atoms with Gasteiger partial charge in [-0.1, -0.05) is 80.6 Å². The summed E-state index contributed by atoms with van der Waals surface area (Å²) in [4.78, 5) is 0. The second-order valence-corrected chi connectivity index (χ2v) is 13.5. The third-order valence-electron chi connectivity index (χ3n) is 7.45. The molecule has 0 N–H and O–H groups in total. The highest BCUT2D eigenvalue weighted by molar-refractivity contribution is 7.95. The molecular formula is C33H36O3P+. The summed E-state index contributed by atoms with van der Waals surface area (Å²) in [5.41, 5.74) is 1.03. The third kappa shape index (κ3) is 5.36.